The van der Waals surface area contributed by atoms with E-state index in [1.807, 2.05) is 48.7 Å². The molecule has 0 aliphatic heterocycles. The van der Waals surface area contributed by atoms with Gasteiger partial charge in [0.05, 0.1) is 17.8 Å². The van der Waals surface area contributed by atoms with Crippen molar-refractivity contribution in [2.45, 2.75) is 18.6 Å². The zero-order valence-corrected chi connectivity index (χ0v) is 16.6. The minimum absolute atomic E-state index is 0.0883. The number of nitrogens with zero attached hydrogens (tertiary/aromatic N) is 3. The van der Waals surface area contributed by atoms with E-state index < -0.39 is 0 Å². The Hall–Kier alpha value is -2.91. The van der Waals surface area contributed by atoms with Crippen molar-refractivity contribution >= 4 is 45.0 Å². The Morgan fingerprint density at radius 1 is 1.29 bits per heavy atom. The van der Waals surface area contributed by atoms with Gasteiger partial charge in [-0.2, -0.15) is 5.10 Å². The lowest BCUT2D eigenvalue weighted by Gasteiger charge is -2.12. The largest absolute Gasteiger partial charge is 0.308 e. The molecule has 0 saturated carbocycles. The molecule has 142 valence electrons. The van der Waals surface area contributed by atoms with Crippen LogP contribution < -0.4 is 10.9 Å². The number of thioether (sulfide) groups is 1. The van der Waals surface area contributed by atoms with E-state index in [0.29, 0.717) is 27.7 Å². The second-order valence-electron chi connectivity index (χ2n) is 6.18. The zero-order chi connectivity index (χ0) is 19.5. The summed E-state index contributed by atoms with van der Waals surface area (Å²) in [4.78, 5) is 29.8. The van der Waals surface area contributed by atoms with Crippen LogP contribution >= 0.6 is 23.1 Å². The zero-order valence-electron chi connectivity index (χ0n) is 15.0. The van der Waals surface area contributed by atoms with Gasteiger partial charge < -0.3 is 5.32 Å². The predicted molar refractivity (Wildman–Crippen MR) is 112 cm³/mol. The number of benzene rings is 1. The number of aromatic amines is 1. The number of nitrogens with one attached hydrogen (secondary N) is 2. The number of amides is 1. The summed E-state index contributed by atoms with van der Waals surface area (Å²) < 4.78 is 2.25. The van der Waals surface area contributed by atoms with Crippen molar-refractivity contribution in [2.24, 2.45) is 0 Å². The third-order valence-electron chi connectivity index (χ3n) is 4.02. The van der Waals surface area contributed by atoms with Crippen molar-refractivity contribution in [3.8, 4) is 0 Å². The standard InChI is InChI=1S/C19H17N5O2S2/c1-12-9-15(23-22-12)21-16(25)11-28-19-20-14-7-8-27-17(14)18(26)24(19)10-13-5-3-2-4-6-13/h2-9H,10-11H2,1H3,(H2,21,22,23,25). The molecule has 28 heavy (non-hydrogen) atoms. The Morgan fingerprint density at radius 2 is 2.11 bits per heavy atom. The van der Waals surface area contributed by atoms with Gasteiger partial charge in [0.15, 0.2) is 11.0 Å². The van der Waals surface area contributed by atoms with Crippen molar-refractivity contribution in [2.75, 3.05) is 11.1 Å². The van der Waals surface area contributed by atoms with Gasteiger partial charge in [-0.1, -0.05) is 42.1 Å². The average molecular weight is 412 g/mol. The molecule has 4 aromatic rings. The third kappa shape index (κ3) is 4.00. The van der Waals surface area contributed by atoms with Gasteiger partial charge in [-0.25, -0.2) is 4.98 Å². The van der Waals surface area contributed by atoms with Crippen LogP contribution in [0.3, 0.4) is 0 Å². The summed E-state index contributed by atoms with van der Waals surface area (Å²) in [5.74, 6) is 0.399. The smallest absolute Gasteiger partial charge is 0.272 e. The van der Waals surface area contributed by atoms with Crippen molar-refractivity contribution in [3.05, 3.63) is 69.5 Å². The molecule has 7 nitrogen and oxygen atoms in total. The summed E-state index contributed by atoms with van der Waals surface area (Å²) >= 11 is 2.62. The highest BCUT2D eigenvalue weighted by atomic mass is 32.2. The molecule has 0 spiro atoms. The first-order valence-corrected chi connectivity index (χ1v) is 10.4. The normalized spacial score (nSPS) is 11.0. The fraction of sp³-hybridized carbons (Fsp3) is 0.158. The van der Waals surface area contributed by atoms with E-state index in [1.54, 1.807) is 10.6 Å². The van der Waals surface area contributed by atoms with Gasteiger partial charge in [-0.05, 0) is 23.9 Å². The molecule has 3 aromatic heterocycles. The van der Waals surface area contributed by atoms with Gasteiger partial charge in [0.1, 0.15) is 4.70 Å². The highest BCUT2D eigenvalue weighted by Gasteiger charge is 2.15. The van der Waals surface area contributed by atoms with Crippen LogP contribution in [0.2, 0.25) is 0 Å². The summed E-state index contributed by atoms with van der Waals surface area (Å²) in [5, 5.41) is 11.9. The minimum Gasteiger partial charge on any atom is -0.308 e. The summed E-state index contributed by atoms with van der Waals surface area (Å²) in [6.45, 7) is 2.27. The van der Waals surface area contributed by atoms with E-state index >= 15 is 0 Å². The fourth-order valence-corrected chi connectivity index (χ4v) is 4.31. The van der Waals surface area contributed by atoms with Gasteiger partial charge in [-0.3, -0.25) is 19.3 Å². The van der Waals surface area contributed by atoms with E-state index in [4.69, 9.17) is 0 Å². The number of aryl methyl sites for hydroxylation is 1. The predicted octanol–water partition coefficient (Wildman–Crippen LogP) is 3.27. The second kappa shape index (κ2) is 7.99. The molecule has 4 rings (SSSR count). The molecule has 0 radical (unpaired) electrons. The Labute approximate surface area is 168 Å². The lowest BCUT2D eigenvalue weighted by molar-refractivity contribution is -0.113. The molecule has 1 amide bonds. The van der Waals surface area contributed by atoms with E-state index in [2.05, 4.69) is 20.5 Å². The second-order valence-corrected chi connectivity index (χ2v) is 8.04. The summed E-state index contributed by atoms with van der Waals surface area (Å²) in [5.41, 5.74) is 2.43. The first-order chi connectivity index (χ1) is 13.6. The number of thiophene rings is 1. The van der Waals surface area contributed by atoms with Crippen LogP contribution in [0.1, 0.15) is 11.3 Å². The highest BCUT2D eigenvalue weighted by Crippen LogP contribution is 2.22. The molecule has 0 saturated heterocycles. The number of hydrogen-bond acceptors (Lipinski definition) is 6. The van der Waals surface area contributed by atoms with Gasteiger partial charge in [0.25, 0.3) is 5.56 Å². The molecule has 2 N–H and O–H groups in total. The molecule has 3 heterocycles. The summed E-state index contributed by atoms with van der Waals surface area (Å²) in [6, 6.07) is 13.3. The number of aromatic nitrogens is 4. The SMILES string of the molecule is Cc1cc(NC(=O)CSc2nc3ccsc3c(=O)n2Cc2ccccc2)n[nH]1. The number of anilines is 1. The van der Waals surface area contributed by atoms with E-state index in [0.717, 1.165) is 11.3 Å². The van der Waals surface area contributed by atoms with Gasteiger partial charge in [0.2, 0.25) is 5.91 Å². The van der Waals surface area contributed by atoms with Crippen LogP contribution in [0.4, 0.5) is 5.82 Å². The number of fused-ring (bicyclic) bond motifs is 1. The minimum atomic E-state index is -0.206. The lowest BCUT2D eigenvalue weighted by atomic mass is 10.2. The Morgan fingerprint density at radius 3 is 2.86 bits per heavy atom. The lowest BCUT2D eigenvalue weighted by Crippen LogP contribution is -2.24. The van der Waals surface area contributed by atoms with Crippen molar-refractivity contribution < 1.29 is 4.79 Å². The molecule has 9 heteroatoms. The Balaban J connectivity index is 1.58. The maximum atomic E-state index is 13.0. The molecular weight excluding hydrogens is 394 g/mol. The molecule has 0 bridgehead atoms. The van der Waals surface area contributed by atoms with Crippen LogP contribution in [-0.4, -0.2) is 31.4 Å². The Bertz CT molecular complexity index is 1180. The number of H-pyrrole nitrogens is 1. The molecule has 0 atom stereocenters. The quantitative estimate of drug-likeness (QED) is 0.375. The molecule has 0 aliphatic carbocycles. The molecular formula is C19H17N5O2S2. The fourth-order valence-electron chi connectivity index (χ4n) is 2.73. The molecule has 0 fully saturated rings. The Kier molecular flexibility index (Phi) is 5.27. The average Bonchev–Trinajstić information content (AvgIpc) is 3.32. The maximum Gasteiger partial charge on any atom is 0.272 e. The topological polar surface area (TPSA) is 92.7 Å². The molecule has 1 aromatic carbocycles. The summed E-state index contributed by atoms with van der Waals surface area (Å²) in [6.07, 6.45) is 0. The number of rotatable bonds is 6. The molecule has 0 unspecified atom stereocenters. The number of carbonyl (C=O) groups excluding carboxylic acids is 1. The van der Waals surface area contributed by atoms with E-state index in [1.165, 1.54) is 23.1 Å². The first kappa shape index (κ1) is 18.5. The van der Waals surface area contributed by atoms with Gasteiger partial charge in [-0.15, -0.1) is 11.3 Å². The highest BCUT2D eigenvalue weighted by molar-refractivity contribution is 7.99. The monoisotopic (exact) mass is 411 g/mol. The third-order valence-corrected chi connectivity index (χ3v) is 5.89. The van der Waals surface area contributed by atoms with Gasteiger partial charge >= 0.3 is 0 Å². The van der Waals surface area contributed by atoms with Crippen LogP contribution in [0.15, 0.2) is 57.8 Å². The number of hydrogen-bond donors (Lipinski definition) is 2. The van der Waals surface area contributed by atoms with Crippen molar-refractivity contribution in [1.82, 2.24) is 19.7 Å². The maximum absolute atomic E-state index is 13.0. The molecule has 0 aliphatic rings. The van der Waals surface area contributed by atoms with Crippen molar-refractivity contribution in [1.29, 1.82) is 0 Å². The van der Waals surface area contributed by atoms with Crippen LogP contribution in [-0.2, 0) is 11.3 Å². The first-order valence-electron chi connectivity index (χ1n) is 8.57. The van der Waals surface area contributed by atoms with Crippen molar-refractivity contribution in [3.63, 3.8) is 0 Å². The van der Waals surface area contributed by atoms with Crippen LogP contribution in [0.25, 0.3) is 10.2 Å². The van der Waals surface area contributed by atoms with E-state index in [-0.39, 0.29) is 17.2 Å². The number of carbonyl (C=O) groups is 1. The summed E-state index contributed by atoms with van der Waals surface area (Å²) in [7, 11) is 0. The van der Waals surface area contributed by atoms with E-state index in [9.17, 15) is 9.59 Å². The van der Waals surface area contributed by atoms with Crippen LogP contribution in [0.5, 0.6) is 0 Å². The van der Waals surface area contributed by atoms with Crippen LogP contribution in [0, 0.1) is 6.92 Å². The van der Waals surface area contributed by atoms with Gasteiger partial charge in [0, 0.05) is 11.8 Å².